The number of nitrogens with two attached hydrogens (primary N) is 1. The molecule has 0 saturated heterocycles. The van der Waals surface area contributed by atoms with Crippen LogP contribution in [-0.2, 0) is 0 Å². The molecule has 1 aromatic rings. The van der Waals surface area contributed by atoms with Crippen molar-refractivity contribution in [2.45, 2.75) is 26.8 Å². The van der Waals surface area contributed by atoms with Gasteiger partial charge in [0, 0.05) is 18.2 Å². The lowest BCUT2D eigenvalue weighted by molar-refractivity contribution is -0.384. The van der Waals surface area contributed by atoms with Crippen LogP contribution in [0.5, 0.6) is 0 Å². The van der Waals surface area contributed by atoms with Crippen LogP contribution in [0.15, 0.2) is 24.3 Å². The Morgan fingerprint density at radius 1 is 1.25 bits per heavy atom. The van der Waals surface area contributed by atoms with Gasteiger partial charge in [-0.2, -0.15) is 0 Å². The summed E-state index contributed by atoms with van der Waals surface area (Å²) in [5.74, 6) is 0. The first-order valence-corrected chi connectivity index (χ1v) is 4.82. The molecular weight excluding hydrogens is 228 g/mol. The Labute approximate surface area is 101 Å². The highest BCUT2D eigenvalue weighted by molar-refractivity contribution is 5.85. The van der Waals surface area contributed by atoms with Crippen LogP contribution < -0.4 is 5.73 Å². The number of nitro groups is 1. The largest absolute Gasteiger partial charge is 0.324 e. The van der Waals surface area contributed by atoms with E-state index >= 15 is 0 Å². The summed E-state index contributed by atoms with van der Waals surface area (Å²) in [7, 11) is 0. The predicted molar refractivity (Wildman–Crippen MR) is 66.7 cm³/mol. The second-order valence-electron chi connectivity index (χ2n) is 4.69. The van der Waals surface area contributed by atoms with E-state index in [1.807, 2.05) is 20.8 Å². The second kappa shape index (κ2) is 5.27. The minimum atomic E-state index is -0.410. The summed E-state index contributed by atoms with van der Waals surface area (Å²) in [6.07, 6.45) is 0. The fraction of sp³-hybridized carbons (Fsp3) is 0.455. The number of rotatable bonds is 2. The average molecular weight is 245 g/mol. The van der Waals surface area contributed by atoms with Gasteiger partial charge in [0.25, 0.3) is 5.69 Å². The van der Waals surface area contributed by atoms with E-state index in [2.05, 4.69) is 0 Å². The predicted octanol–water partition coefficient (Wildman–Crippen LogP) is 3.06. The molecule has 1 rings (SSSR count). The number of hydrogen-bond donors (Lipinski definition) is 1. The molecule has 0 aromatic heterocycles. The Kier molecular flexibility index (Phi) is 4.90. The van der Waals surface area contributed by atoms with Gasteiger partial charge in [-0.15, -0.1) is 12.4 Å². The van der Waals surface area contributed by atoms with Crippen molar-refractivity contribution in [2.24, 2.45) is 11.1 Å². The number of halogens is 1. The highest BCUT2D eigenvalue weighted by atomic mass is 35.5. The molecule has 0 aliphatic heterocycles. The van der Waals surface area contributed by atoms with Crippen LogP contribution >= 0.6 is 12.4 Å². The molecule has 0 amide bonds. The Morgan fingerprint density at radius 2 is 1.69 bits per heavy atom. The highest BCUT2D eigenvalue weighted by Gasteiger charge is 2.22. The number of non-ortho nitro benzene ring substituents is 1. The molecule has 1 aromatic carbocycles. The third-order valence-electron chi connectivity index (χ3n) is 2.40. The molecule has 0 aliphatic carbocycles. The molecular formula is C11H17ClN2O2. The molecule has 16 heavy (non-hydrogen) atoms. The minimum absolute atomic E-state index is 0. The Balaban J connectivity index is 0.00000225. The Morgan fingerprint density at radius 3 is 2.00 bits per heavy atom. The van der Waals surface area contributed by atoms with E-state index in [1.54, 1.807) is 12.1 Å². The van der Waals surface area contributed by atoms with E-state index in [4.69, 9.17) is 5.73 Å². The van der Waals surface area contributed by atoms with Crippen molar-refractivity contribution < 1.29 is 4.92 Å². The lowest BCUT2D eigenvalue weighted by atomic mass is 9.83. The van der Waals surface area contributed by atoms with Gasteiger partial charge in [0.2, 0.25) is 0 Å². The quantitative estimate of drug-likeness (QED) is 0.642. The maximum atomic E-state index is 10.5. The van der Waals surface area contributed by atoms with Gasteiger partial charge in [-0.05, 0) is 11.0 Å². The molecule has 0 saturated carbocycles. The van der Waals surface area contributed by atoms with Crippen LogP contribution in [-0.4, -0.2) is 4.92 Å². The number of nitrogens with zero attached hydrogens (tertiary/aromatic N) is 1. The molecule has 0 fully saturated rings. The molecule has 0 radical (unpaired) electrons. The van der Waals surface area contributed by atoms with Gasteiger partial charge in [0.05, 0.1) is 4.92 Å². The summed E-state index contributed by atoms with van der Waals surface area (Å²) in [5.41, 5.74) is 7.00. The van der Waals surface area contributed by atoms with Crippen molar-refractivity contribution >= 4 is 18.1 Å². The molecule has 0 bridgehead atoms. The van der Waals surface area contributed by atoms with Crippen LogP contribution in [0, 0.1) is 15.5 Å². The van der Waals surface area contributed by atoms with Gasteiger partial charge in [-0.3, -0.25) is 10.1 Å². The standard InChI is InChI=1S/C11H16N2O2.ClH/c1-11(2,3)10(12)8-4-6-9(7-5-8)13(14)15;/h4-7,10H,12H2,1-3H3;1H/t10-;/m1./s1. The van der Waals surface area contributed by atoms with Gasteiger partial charge in [0.15, 0.2) is 0 Å². The van der Waals surface area contributed by atoms with E-state index in [-0.39, 0.29) is 29.6 Å². The van der Waals surface area contributed by atoms with Crippen molar-refractivity contribution in [3.8, 4) is 0 Å². The molecule has 2 N–H and O–H groups in total. The van der Waals surface area contributed by atoms with Gasteiger partial charge in [-0.25, -0.2) is 0 Å². The fourth-order valence-electron chi connectivity index (χ4n) is 1.30. The van der Waals surface area contributed by atoms with Crippen LogP contribution in [0.25, 0.3) is 0 Å². The zero-order valence-electron chi connectivity index (χ0n) is 9.64. The monoisotopic (exact) mass is 244 g/mol. The molecule has 0 heterocycles. The summed E-state index contributed by atoms with van der Waals surface area (Å²) < 4.78 is 0. The zero-order chi connectivity index (χ0) is 11.6. The van der Waals surface area contributed by atoms with Gasteiger partial charge in [0.1, 0.15) is 0 Å². The Bertz CT molecular complexity index is 357. The minimum Gasteiger partial charge on any atom is -0.324 e. The van der Waals surface area contributed by atoms with Crippen LogP contribution in [0.1, 0.15) is 32.4 Å². The smallest absolute Gasteiger partial charge is 0.269 e. The van der Waals surface area contributed by atoms with Crippen molar-refractivity contribution in [1.29, 1.82) is 0 Å². The molecule has 90 valence electrons. The lowest BCUT2D eigenvalue weighted by Gasteiger charge is -2.27. The normalized spacial score (nSPS) is 12.8. The maximum Gasteiger partial charge on any atom is 0.269 e. The van der Waals surface area contributed by atoms with Gasteiger partial charge < -0.3 is 5.73 Å². The maximum absolute atomic E-state index is 10.5. The molecule has 5 heteroatoms. The van der Waals surface area contributed by atoms with Crippen molar-refractivity contribution in [3.05, 3.63) is 39.9 Å². The van der Waals surface area contributed by atoms with E-state index < -0.39 is 4.92 Å². The first kappa shape index (κ1) is 14.9. The second-order valence-corrected chi connectivity index (χ2v) is 4.69. The van der Waals surface area contributed by atoms with E-state index in [0.717, 1.165) is 5.56 Å². The molecule has 0 unspecified atom stereocenters. The molecule has 0 spiro atoms. The summed E-state index contributed by atoms with van der Waals surface area (Å²) in [6, 6.07) is 6.29. The van der Waals surface area contributed by atoms with E-state index in [9.17, 15) is 10.1 Å². The fourth-order valence-corrected chi connectivity index (χ4v) is 1.30. The van der Waals surface area contributed by atoms with Crippen molar-refractivity contribution in [2.75, 3.05) is 0 Å². The van der Waals surface area contributed by atoms with Crippen LogP contribution in [0.2, 0.25) is 0 Å². The summed E-state index contributed by atoms with van der Waals surface area (Å²) in [4.78, 5) is 10.0. The lowest BCUT2D eigenvalue weighted by Crippen LogP contribution is -2.26. The summed E-state index contributed by atoms with van der Waals surface area (Å²) in [6.45, 7) is 6.12. The highest BCUT2D eigenvalue weighted by Crippen LogP contribution is 2.30. The van der Waals surface area contributed by atoms with E-state index in [0.29, 0.717) is 0 Å². The van der Waals surface area contributed by atoms with E-state index in [1.165, 1.54) is 12.1 Å². The third-order valence-corrected chi connectivity index (χ3v) is 2.40. The van der Waals surface area contributed by atoms with Crippen molar-refractivity contribution in [3.63, 3.8) is 0 Å². The van der Waals surface area contributed by atoms with Gasteiger partial charge in [-0.1, -0.05) is 32.9 Å². The zero-order valence-corrected chi connectivity index (χ0v) is 10.5. The average Bonchev–Trinajstić information content (AvgIpc) is 2.15. The molecule has 4 nitrogen and oxygen atoms in total. The topological polar surface area (TPSA) is 69.2 Å². The SMILES string of the molecule is CC(C)(C)[C@H](N)c1ccc([N+](=O)[O-])cc1.Cl. The number of hydrogen-bond acceptors (Lipinski definition) is 3. The molecule has 1 atom stereocenters. The first-order chi connectivity index (χ1) is 6.82. The number of nitro benzene ring substituents is 1. The Hall–Kier alpha value is -1.13. The van der Waals surface area contributed by atoms with Crippen LogP contribution in [0.4, 0.5) is 5.69 Å². The number of benzene rings is 1. The van der Waals surface area contributed by atoms with Crippen molar-refractivity contribution in [1.82, 2.24) is 0 Å². The van der Waals surface area contributed by atoms with Gasteiger partial charge >= 0.3 is 0 Å². The van der Waals surface area contributed by atoms with Crippen LogP contribution in [0.3, 0.4) is 0 Å². The molecule has 0 aliphatic rings. The summed E-state index contributed by atoms with van der Waals surface area (Å²) in [5, 5.41) is 10.5. The third kappa shape index (κ3) is 3.47. The first-order valence-electron chi connectivity index (χ1n) is 4.82. The summed E-state index contributed by atoms with van der Waals surface area (Å²) >= 11 is 0.